The van der Waals surface area contributed by atoms with Crippen LogP contribution in [0.3, 0.4) is 0 Å². The van der Waals surface area contributed by atoms with Crippen LogP contribution in [0.2, 0.25) is 0 Å². The lowest BCUT2D eigenvalue weighted by Gasteiger charge is -2.27. The normalized spacial score (nSPS) is 17.4. The maximum Gasteiger partial charge on any atom is 0.490 e. The van der Waals surface area contributed by atoms with Crippen molar-refractivity contribution in [2.24, 2.45) is 0 Å². The van der Waals surface area contributed by atoms with Crippen LogP contribution in [0.25, 0.3) is 0 Å². The van der Waals surface area contributed by atoms with Gasteiger partial charge in [-0.15, -0.1) is 0 Å². The summed E-state index contributed by atoms with van der Waals surface area (Å²) in [6.07, 6.45) is -6.68. The Labute approximate surface area is 151 Å². The van der Waals surface area contributed by atoms with Crippen molar-refractivity contribution in [1.82, 2.24) is 10.0 Å². The molecule has 148 valence electrons. The fourth-order valence-electron chi connectivity index (χ4n) is 2.37. The molecule has 1 heterocycles. The van der Waals surface area contributed by atoms with Gasteiger partial charge < -0.3 is 9.47 Å². The number of benzene rings is 1. The van der Waals surface area contributed by atoms with Crippen molar-refractivity contribution in [1.29, 1.82) is 0 Å². The average Bonchev–Trinajstić information content (AvgIpc) is 3.07. The predicted octanol–water partition coefficient (Wildman–Crippen LogP) is 2.26. The van der Waals surface area contributed by atoms with E-state index in [1.165, 1.54) is 36.3 Å². The molecule has 1 aromatic rings. The predicted molar refractivity (Wildman–Crippen MR) is 83.2 cm³/mol. The number of nitro benzene ring substituents is 1. The van der Waals surface area contributed by atoms with Gasteiger partial charge in [-0.1, -0.05) is 0 Å². The van der Waals surface area contributed by atoms with Gasteiger partial charge in [0.1, 0.15) is 12.7 Å². The third kappa shape index (κ3) is 5.54. The maximum absolute atomic E-state index is 12.2. The molecule has 1 saturated heterocycles. The van der Waals surface area contributed by atoms with Gasteiger partial charge in [0.05, 0.1) is 11.5 Å². The Balaban J connectivity index is 1.81. The molecule has 27 heavy (non-hydrogen) atoms. The molecule has 12 heteroatoms. The van der Waals surface area contributed by atoms with Crippen molar-refractivity contribution in [3.63, 3.8) is 0 Å². The van der Waals surface area contributed by atoms with Crippen LogP contribution in [-0.2, 0) is 20.9 Å². The van der Waals surface area contributed by atoms with Gasteiger partial charge >= 0.3 is 18.2 Å². The zero-order valence-corrected chi connectivity index (χ0v) is 14.1. The van der Waals surface area contributed by atoms with Crippen LogP contribution in [0.4, 0.5) is 23.7 Å². The van der Waals surface area contributed by atoms with Crippen molar-refractivity contribution in [2.45, 2.75) is 25.3 Å². The molecule has 1 amide bonds. The Bertz CT molecular complexity index is 710. The first-order valence-corrected chi connectivity index (χ1v) is 7.74. The van der Waals surface area contributed by atoms with Crippen LogP contribution in [-0.4, -0.2) is 59.4 Å². The van der Waals surface area contributed by atoms with Gasteiger partial charge in [-0.05, 0) is 17.7 Å². The summed E-state index contributed by atoms with van der Waals surface area (Å²) in [6.45, 7) is -0.00855. The first-order chi connectivity index (χ1) is 12.6. The van der Waals surface area contributed by atoms with Crippen molar-refractivity contribution < 1.29 is 37.2 Å². The van der Waals surface area contributed by atoms with E-state index in [9.17, 15) is 32.9 Å². The van der Waals surface area contributed by atoms with Gasteiger partial charge in [0.2, 0.25) is 0 Å². The Morgan fingerprint density at radius 3 is 2.52 bits per heavy atom. The molecule has 0 saturated carbocycles. The SMILES string of the molecule is CN(C(=O)OCc1ccc([N+](=O)[O-])cc1)N1CC[C@H](OC(=O)C(F)(F)F)C1. The number of carbonyl (C=O) groups excluding carboxylic acids is 2. The Morgan fingerprint density at radius 2 is 1.96 bits per heavy atom. The second-order valence-corrected chi connectivity index (χ2v) is 5.73. The second kappa shape index (κ2) is 8.20. The van der Waals surface area contributed by atoms with E-state index in [1.54, 1.807) is 0 Å². The molecular formula is C15H16F3N3O6. The summed E-state index contributed by atoms with van der Waals surface area (Å²) in [5.41, 5.74) is 0.430. The minimum atomic E-state index is -5.07. The molecule has 0 unspecified atom stereocenters. The minimum Gasteiger partial charge on any atom is -0.454 e. The minimum absolute atomic E-state index is 0.0784. The molecule has 1 atom stereocenters. The van der Waals surface area contributed by atoms with E-state index >= 15 is 0 Å². The highest BCUT2D eigenvalue weighted by atomic mass is 19.4. The van der Waals surface area contributed by atoms with E-state index in [2.05, 4.69) is 4.74 Å². The number of amides is 1. The number of rotatable bonds is 5. The molecule has 0 radical (unpaired) electrons. The number of hydrogen-bond donors (Lipinski definition) is 0. The van der Waals surface area contributed by atoms with Crippen LogP contribution < -0.4 is 0 Å². The molecule has 0 bridgehead atoms. The number of hydrazine groups is 1. The van der Waals surface area contributed by atoms with Crippen molar-refractivity contribution in [3.8, 4) is 0 Å². The van der Waals surface area contributed by atoms with Gasteiger partial charge in [-0.25, -0.2) is 19.6 Å². The monoisotopic (exact) mass is 391 g/mol. The van der Waals surface area contributed by atoms with Crippen molar-refractivity contribution >= 4 is 17.7 Å². The van der Waals surface area contributed by atoms with Gasteiger partial charge in [0, 0.05) is 32.1 Å². The number of hydrogen-bond acceptors (Lipinski definition) is 7. The fraction of sp³-hybridized carbons (Fsp3) is 0.467. The second-order valence-electron chi connectivity index (χ2n) is 5.73. The van der Waals surface area contributed by atoms with E-state index in [0.29, 0.717) is 5.56 Å². The Morgan fingerprint density at radius 1 is 1.33 bits per heavy atom. The largest absolute Gasteiger partial charge is 0.490 e. The first-order valence-electron chi connectivity index (χ1n) is 7.74. The summed E-state index contributed by atoms with van der Waals surface area (Å²) in [7, 11) is 1.37. The van der Waals surface area contributed by atoms with E-state index in [0.717, 1.165) is 5.01 Å². The number of non-ortho nitro benzene ring substituents is 1. The van der Waals surface area contributed by atoms with Crippen molar-refractivity contribution in [2.75, 3.05) is 20.1 Å². The highest BCUT2D eigenvalue weighted by Gasteiger charge is 2.43. The number of nitro groups is 1. The fourth-order valence-corrected chi connectivity index (χ4v) is 2.37. The quantitative estimate of drug-likeness (QED) is 0.431. The van der Waals surface area contributed by atoms with E-state index in [-0.39, 0.29) is 31.8 Å². The molecule has 0 N–H and O–H groups in total. The maximum atomic E-state index is 12.2. The average molecular weight is 391 g/mol. The van der Waals surface area contributed by atoms with Gasteiger partial charge in [-0.3, -0.25) is 10.1 Å². The molecule has 1 aliphatic heterocycles. The molecule has 1 fully saturated rings. The molecule has 1 aromatic carbocycles. The summed E-state index contributed by atoms with van der Waals surface area (Å²) < 4.78 is 46.0. The summed E-state index contributed by atoms with van der Waals surface area (Å²) in [6, 6.07) is 5.42. The Kier molecular flexibility index (Phi) is 6.20. The number of alkyl halides is 3. The Hall–Kier alpha value is -2.89. The van der Waals surface area contributed by atoms with Crippen LogP contribution >= 0.6 is 0 Å². The summed E-state index contributed by atoms with van der Waals surface area (Å²) in [5, 5.41) is 13.0. The van der Waals surface area contributed by atoms with Gasteiger partial charge in [0.25, 0.3) is 5.69 Å². The van der Waals surface area contributed by atoms with Crippen LogP contribution in [0.5, 0.6) is 0 Å². The van der Waals surface area contributed by atoms with Crippen LogP contribution in [0, 0.1) is 10.1 Å². The van der Waals surface area contributed by atoms with Crippen LogP contribution in [0.15, 0.2) is 24.3 Å². The van der Waals surface area contributed by atoms with E-state index < -0.39 is 29.3 Å². The van der Waals surface area contributed by atoms with E-state index in [4.69, 9.17) is 4.74 Å². The summed E-state index contributed by atoms with van der Waals surface area (Å²) >= 11 is 0. The lowest BCUT2D eigenvalue weighted by atomic mass is 10.2. The molecule has 9 nitrogen and oxygen atoms in total. The lowest BCUT2D eigenvalue weighted by molar-refractivity contribution is -0.384. The standard InChI is InChI=1S/C15H16F3N3O6/c1-19(20-7-6-12(8-20)27-13(22)15(16,17)18)14(23)26-9-10-2-4-11(5-3-10)21(24)25/h2-5,12H,6-9H2,1H3/t12-/m0/s1. The first kappa shape index (κ1) is 20.4. The van der Waals surface area contributed by atoms with E-state index in [1.807, 2.05) is 0 Å². The molecule has 0 aliphatic carbocycles. The third-order valence-corrected chi connectivity index (χ3v) is 3.83. The molecule has 2 rings (SSSR count). The topological polar surface area (TPSA) is 102 Å². The summed E-state index contributed by atoms with van der Waals surface area (Å²) in [4.78, 5) is 32.9. The van der Waals surface area contributed by atoms with Crippen molar-refractivity contribution in [3.05, 3.63) is 39.9 Å². The number of ether oxygens (including phenoxy) is 2. The zero-order chi connectivity index (χ0) is 20.2. The van der Waals surface area contributed by atoms with Gasteiger partial charge in [-0.2, -0.15) is 13.2 Å². The highest BCUT2D eigenvalue weighted by Crippen LogP contribution is 2.22. The molecule has 0 aromatic heterocycles. The summed E-state index contributed by atoms with van der Waals surface area (Å²) in [5.74, 6) is -2.27. The number of esters is 1. The smallest absolute Gasteiger partial charge is 0.454 e. The highest BCUT2D eigenvalue weighted by molar-refractivity contribution is 5.75. The number of halogens is 3. The molecule has 0 spiro atoms. The lowest BCUT2D eigenvalue weighted by Crippen LogP contribution is -2.43. The van der Waals surface area contributed by atoms with Crippen LogP contribution in [0.1, 0.15) is 12.0 Å². The number of carbonyl (C=O) groups is 2. The molecular weight excluding hydrogens is 375 g/mol. The zero-order valence-electron chi connectivity index (χ0n) is 14.1. The third-order valence-electron chi connectivity index (χ3n) is 3.83. The number of nitrogens with zero attached hydrogens (tertiary/aromatic N) is 3. The van der Waals surface area contributed by atoms with Gasteiger partial charge in [0.15, 0.2) is 0 Å². The molecule has 1 aliphatic rings.